The van der Waals surface area contributed by atoms with Gasteiger partial charge in [-0.2, -0.15) is 0 Å². The Hall–Kier alpha value is -6.18. The molecule has 0 saturated carbocycles. The second kappa shape index (κ2) is 11.4. The zero-order valence-electron chi connectivity index (χ0n) is 33.0. The van der Waals surface area contributed by atoms with Gasteiger partial charge in [-0.3, -0.25) is 0 Å². The molecule has 3 aliphatic carbocycles. The van der Waals surface area contributed by atoms with Crippen LogP contribution >= 0.6 is 0 Å². The smallest absolute Gasteiger partial charge is 0.0543 e. The van der Waals surface area contributed by atoms with E-state index in [-0.39, 0.29) is 16.2 Å². The minimum atomic E-state index is -0.204. The van der Waals surface area contributed by atoms with Crippen molar-refractivity contribution in [2.24, 2.45) is 0 Å². The molecule has 270 valence electrons. The number of hydrogen-bond donors (Lipinski definition) is 0. The first-order valence-corrected chi connectivity index (χ1v) is 20.1. The van der Waals surface area contributed by atoms with E-state index in [0.29, 0.717) is 0 Å². The SMILES string of the molecule is CC1(C)c2ccccc2-c2ccc(N(c3ccc(-c4ccccc4)c4c3-c3ccccc3C4(C)C)c3cc4c(c5ccccc35)-c3ccccc3C4(C)C)cc21. The first kappa shape index (κ1) is 33.2. The van der Waals surface area contributed by atoms with Crippen LogP contribution in [0.3, 0.4) is 0 Å². The minimum Gasteiger partial charge on any atom is -0.309 e. The highest BCUT2D eigenvalue weighted by atomic mass is 15.1. The van der Waals surface area contributed by atoms with Crippen molar-refractivity contribution in [2.75, 3.05) is 4.90 Å². The first-order chi connectivity index (χ1) is 27.1. The Labute approximate surface area is 330 Å². The molecule has 0 aliphatic heterocycles. The number of benzene rings is 8. The molecule has 56 heavy (non-hydrogen) atoms. The van der Waals surface area contributed by atoms with Crippen LogP contribution in [0.2, 0.25) is 0 Å². The normalized spacial score (nSPS) is 15.8. The monoisotopic (exact) mass is 719 g/mol. The van der Waals surface area contributed by atoms with Gasteiger partial charge in [0.1, 0.15) is 0 Å². The first-order valence-electron chi connectivity index (χ1n) is 20.1. The number of anilines is 3. The fourth-order valence-electron chi connectivity index (χ4n) is 10.9. The quantitative estimate of drug-likeness (QED) is 0.175. The van der Waals surface area contributed by atoms with Crippen LogP contribution in [0.4, 0.5) is 17.1 Å². The summed E-state index contributed by atoms with van der Waals surface area (Å²) in [6.07, 6.45) is 0. The molecule has 8 aromatic rings. The summed E-state index contributed by atoms with van der Waals surface area (Å²) in [6, 6.07) is 61.8. The van der Waals surface area contributed by atoms with Crippen molar-refractivity contribution in [3.05, 3.63) is 197 Å². The molecule has 1 nitrogen and oxygen atoms in total. The highest BCUT2D eigenvalue weighted by Crippen LogP contribution is 2.60. The van der Waals surface area contributed by atoms with Gasteiger partial charge in [-0.15, -0.1) is 0 Å². The Morgan fingerprint density at radius 2 is 0.857 bits per heavy atom. The van der Waals surface area contributed by atoms with Crippen molar-refractivity contribution >= 4 is 27.8 Å². The lowest BCUT2D eigenvalue weighted by atomic mass is 9.78. The number of rotatable bonds is 4. The molecule has 0 unspecified atom stereocenters. The van der Waals surface area contributed by atoms with Crippen molar-refractivity contribution in [1.29, 1.82) is 0 Å². The Balaban J connectivity index is 1.27. The lowest BCUT2D eigenvalue weighted by molar-refractivity contribution is 0.660. The van der Waals surface area contributed by atoms with E-state index in [0.717, 1.165) is 0 Å². The van der Waals surface area contributed by atoms with E-state index >= 15 is 0 Å². The highest BCUT2D eigenvalue weighted by Gasteiger charge is 2.42. The minimum absolute atomic E-state index is 0.134. The van der Waals surface area contributed by atoms with Crippen molar-refractivity contribution < 1.29 is 0 Å². The summed E-state index contributed by atoms with van der Waals surface area (Å²) in [5.41, 5.74) is 22.0. The van der Waals surface area contributed by atoms with Crippen LogP contribution in [0.5, 0.6) is 0 Å². The Bertz CT molecular complexity index is 2940. The predicted octanol–water partition coefficient (Wildman–Crippen LogP) is 14.9. The summed E-state index contributed by atoms with van der Waals surface area (Å²) < 4.78 is 0. The molecule has 0 atom stereocenters. The Morgan fingerprint density at radius 3 is 1.57 bits per heavy atom. The molecule has 0 fully saturated rings. The summed E-state index contributed by atoms with van der Waals surface area (Å²) in [5.74, 6) is 0. The van der Waals surface area contributed by atoms with E-state index < -0.39 is 0 Å². The number of nitrogens with zero attached hydrogens (tertiary/aromatic N) is 1. The van der Waals surface area contributed by atoms with Crippen LogP contribution in [0.15, 0.2) is 164 Å². The van der Waals surface area contributed by atoms with Gasteiger partial charge in [-0.25, -0.2) is 0 Å². The maximum absolute atomic E-state index is 2.62. The molecule has 3 aliphatic rings. The molecule has 0 saturated heterocycles. The van der Waals surface area contributed by atoms with E-state index in [4.69, 9.17) is 0 Å². The van der Waals surface area contributed by atoms with Gasteiger partial charge in [0, 0.05) is 32.9 Å². The molecular formula is C55H45N. The van der Waals surface area contributed by atoms with Crippen LogP contribution in [-0.4, -0.2) is 0 Å². The molecule has 0 bridgehead atoms. The van der Waals surface area contributed by atoms with Crippen molar-refractivity contribution in [2.45, 2.75) is 57.8 Å². The van der Waals surface area contributed by atoms with E-state index in [1.807, 2.05) is 0 Å². The van der Waals surface area contributed by atoms with Gasteiger partial charge < -0.3 is 4.90 Å². The predicted molar refractivity (Wildman–Crippen MR) is 237 cm³/mol. The lowest BCUT2D eigenvalue weighted by Crippen LogP contribution is -2.19. The summed E-state index contributed by atoms with van der Waals surface area (Å²) >= 11 is 0. The van der Waals surface area contributed by atoms with Crippen LogP contribution in [-0.2, 0) is 16.2 Å². The second-order valence-electron chi connectivity index (χ2n) is 17.7. The van der Waals surface area contributed by atoms with Gasteiger partial charge >= 0.3 is 0 Å². The molecule has 0 N–H and O–H groups in total. The van der Waals surface area contributed by atoms with Gasteiger partial charge in [0.15, 0.2) is 0 Å². The zero-order chi connectivity index (χ0) is 38.1. The van der Waals surface area contributed by atoms with Gasteiger partial charge in [0.05, 0.1) is 11.4 Å². The van der Waals surface area contributed by atoms with Gasteiger partial charge in [0.2, 0.25) is 0 Å². The molecule has 1 heteroatoms. The Kier molecular flexibility index (Phi) is 6.77. The van der Waals surface area contributed by atoms with E-state index in [1.165, 1.54) is 106 Å². The van der Waals surface area contributed by atoms with Crippen LogP contribution in [0.1, 0.15) is 74.9 Å². The summed E-state index contributed by atoms with van der Waals surface area (Å²) in [7, 11) is 0. The average Bonchev–Trinajstić information content (AvgIpc) is 3.71. The largest absolute Gasteiger partial charge is 0.309 e. The fourth-order valence-corrected chi connectivity index (χ4v) is 10.9. The summed E-state index contributed by atoms with van der Waals surface area (Å²) in [4.78, 5) is 2.62. The topological polar surface area (TPSA) is 3.24 Å². The third-order valence-electron chi connectivity index (χ3n) is 13.6. The molecule has 0 amide bonds. The van der Waals surface area contributed by atoms with Crippen molar-refractivity contribution in [3.63, 3.8) is 0 Å². The van der Waals surface area contributed by atoms with E-state index in [2.05, 4.69) is 210 Å². The standard InChI is InChI=1S/C55H45N/c1-53(2)43-25-15-12-20-37(43)38-29-28-35(32-46(38)53)56(49-33-47-50(40-22-11-10-21-39(40)49)41-23-13-16-26-44(41)54(47,3)4)48-31-30-36(34-18-8-7-9-19-34)52-51(48)42-24-14-17-27-45(42)55(52,5)6/h7-33H,1-6H3. The van der Waals surface area contributed by atoms with Crippen molar-refractivity contribution in [1.82, 2.24) is 0 Å². The number of fused-ring (bicyclic) bond motifs is 11. The van der Waals surface area contributed by atoms with E-state index in [9.17, 15) is 0 Å². The lowest BCUT2D eigenvalue weighted by Gasteiger charge is -2.33. The van der Waals surface area contributed by atoms with Gasteiger partial charge in [-0.05, 0) is 102 Å². The average molecular weight is 720 g/mol. The molecule has 0 spiro atoms. The van der Waals surface area contributed by atoms with Crippen LogP contribution in [0, 0.1) is 0 Å². The molecule has 0 radical (unpaired) electrons. The summed E-state index contributed by atoms with van der Waals surface area (Å²) in [5, 5.41) is 2.56. The maximum Gasteiger partial charge on any atom is 0.0543 e. The summed E-state index contributed by atoms with van der Waals surface area (Å²) in [6.45, 7) is 14.4. The molecule has 0 heterocycles. The highest BCUT2D eigenvalue weighted by molar-refractivity contribution is 6.11. The third-order valence-corrected chi connectivity index (χ3v) is 13.6. The molecular weight excluding hydrogens is 675 g/mol. The maximum atomic E-state index is 2.62. The van der Waals surface area contributed by atoms with Crippen LogP contribution in [0.25, 0.3) is 55.3 Å². The Morgan fingerprint density at radius 1 is 0.339 bits per heavy atom. The van der Waals surface area contributed by atoms with Gasteiger partial charge in [0.25, 0.3) is 0 Å². The zero-order valence-corrected chi connectivity index (χ0v) is 33.0. The second-order valence-corrected chi connectivity index (χ2v) is 17.7. The van der Waals surface area contributed by atoms with Gasteiger partial charge in [-0.1, -0.05) is 181 Å². The third kappa shape index (κ3) is 4.32. The molecule has 8 aromatic carbocycles. The fraction of sp³-hybridized carbons (Fsp3) is 0.164. The molecule has 11 rings (SSSR count). The number of hydrogen-bond acceptors (Lipinski definition) is 1. The molecule has 0 aromatic heterocycles. The van der Waals surface area contributed by atoms with E-state index in [1.54, 1.807) is 0 Å². The van der Waals surface area contributed by atoms with Crippen molar-refractivity contribution in [3.8, 4) is 44.5 Å². The van der Waals surface area contributed by atoms with Crippen LogP contribution < -0.4 is 4.90 Å².